The van der Waals surface area contributed by atoms with Crippen molar-refractivity contribution in [3.63, 3.8) is 0 Å². The number of nitrogens with one attached hydrogen (secondary N) is 1. The van der Waals surface area contributed by atoms with Gasteiger partial charge in [-0.3, -0.25) is 4.79 Å². The molecule has 0 spiro atoms. The summed E-state index contributed by atoms with van der Waals surface area (Å²) in [5.74, 6) is -0.532. The fourth-order valence-corrected chi connectivity index (χ4v) is 1.90. The summed E-state index contributed by atoms with van der Waals surface area (Å²) in [5.41, 5.74) is -0.692. The third-order valence-electron chi connectivity index (χ3n) is 2.84. The second-order valence-corrected chi connectivity index (χ2v) is 4.49. The molecule has 1 amide bonds. The van der Waals surface area contributed by atoms with Crippen molar-refractivity contribution in [1.29, 1.82) is 0 Å². The Hall–Kier alpha value is -1.89. The maximum absolute atomic E-state index is 11.9. The summed E-state index contributed by atoms with van der Waals surface area (Å²) in [5, 5.41) is 20.2. The van der Waals surface area contributed by atoms with Gasteiger partial charge in [0.2, 0.25) is 0 Å². The molecule has 0 saturated carbocycles. The van der Waals surface area contributed by atoms with Crippen molar-refractivity contribution >= 4 is 11.7 Å². The van der Waals surface area contributed by atoms with E-state index in [1.165, 1.54) is 17.0 Å². The number of amides is 1. The predicted octanol–water partition coefficient (Wildman–Crippen LogP) is 0.520. The van der Waals surface area contributed by atoms with Crippen LogP contribution in [0.1, 0.15) is 23.8 Å². The number of carbonyl (C=O) groups excluding carboxylic acids is 1. The van der Waals surface area contributed by atoms with Crippen molar-refractivity contribution in [2.45, 2.75) is 18.9 Å². The molecule has 2 N–H and O–H groups in total. The van der Waals surface area contributed by atoms with Crippen molar-refractivity contribution in [3.05, 3.63) is 27.9 Å². The fourth-order valence-electron chi connectivity index (χ4n) is 1.90. The monoisotopic (exact) mass is 239 g/mol. The lowest BCUT2D eigenvalue weighted by molar-refractivity contribution is -0.389. The van der Waals surface area contributed by atoms with Crippen molar-refractivity contribution in [2.24, 2.45) is 0 Å². The molecule has 92 valence electrons. The predicted molar refractivity (Wildman–Crippen MR) is 58.6 cm³/mol. The molecule has 17 heavy (non-hydrogen) atoms. The Morgan fingerprint density at radius 1 is 1.65 bits per heavy atom. The van der Waals surface area contributed by atoms with Gasteiger partial charge in [0.15, 0.2) is 5.69 Å². The molecule has 1 aromatic heterocycles. The molecule has 1 saturated heterocycles. The summed E-state index contributed by atoms with van der Waals surface area (Å²) >= 11 is 0. The number of hydrogen-bond acceptors (Lipinski definition) is 4. The second-order valence-electron chi connectivity index (χ2n) is 4.49. The zero-order chi connectivity index (χ0) is 12.6. The first-order valence-electron chi connectivity index (χ1n) is 5.24. The lowest BCUT2D eigenvalue weighted by Crippen LogP contribution is -2.34. The van der Waals surface area contributed by atoms with Gasteiger partial charge in [0, 0.05) is 19.2 Å². The highest BCUT2D eigenvalue weighted by molar-refractivity contribution is 5.93. The number of aromatic nitrogens is 1. The number of nitrogens with zero attached hydrogens (tertiary/aromatic N) is 2. The van der Waals surface area contributed by atoms with Crippen molar-refractivity contribution in [1.82, 2.24) is 9.88 Å². The Kier molecular flexibility index (Phi) is 2.62. The first-order chi connectivity index (χ1) is 7.89. The number of aromatic amines is 1. The van der Waals surface area contributed by atoms with Gasteiger partial charge in [0.25, 0.3) is 5.91 Å². The van der Waals surface area contributed by atoms with Gasteiger partial charge in [-0.05, 0) is 24.3 Å². The SMILES string of the molecule is CC1(O)CCN(C(=O)c2ccc([N+](=O)[O-])[nH]2)C1. The smallest absolute Gasteiger partial charge is 0.321 e. The van der Waals surface area contributed by atoms with Gasteiger partial charge in [-0.1, -0.05) is 0 Å². The van der Waals surface area contributed by atoms with Crippen LogP contribution in [-0.2, 0) is 0 Å². The molecule has 2 rings (SSSR count). The zero-order valence-corrected chi connectivity index (χ0v) is 9.34. The van der Waals surface area contributed by atoms with Crippen LogP contribution in [-0.4, -0.2) is 44.5 Å². The highest BCUT2D eigenvalue weighted by Gasteiger charge is 2.35. The number of rotatable bonds is 2. The molecule has 1 fully saturated rings. The summed E-state index contributed by atoms with van der Waals surface area (Å²) in [4.78, 5) is 25.7. The van der Waals surface area contributed by atoms with Crippen molar-refractivity contribution < 1.29 is 14.8 Å². The molecule has 7 nitrogen and oxygen atoms in total. The Morgan fingerprint density at radius 2 is 2.35 bits per heavy atom. The molecule has 0 aromatic carbocycles. The van der Waals surface area contributed by atoms with Crippen LogP contribution >= 0.6 is 0 Å². The average molecular weight is 239 g/mol. The van der Waals surface area contributed by atoms with Gasteiger partial charge in [0.1, 0.15) is 0 Å². The van der Waals surface area contributed by atoms with E-state index in [9.17, 15) is 20.0 Å². The number of β-amino-alcohol motifs (C(OH)–C–C–N with tert-alkyl or cyclic N) is 1. The number of carbonyl (C=O) groups is 1. The standard InChI is InChI=1S/C10H13N3O4/c1-10(15)4-5-12(6-10)9(14)7-2-3-8(11-7)13(16)17/h2-3,11,15H,4-6H2,1H3. The van der Waals surface area contributed by atoms with Crippen LogP contribution in [0.2, 0.25) is 0 Å². The molecule has 0 aliphatic carbocycles. The van der Waals surface area contributed by atoms with Crippen molar-refractivity contribution in [3.8, 4) is 0 Å². The molecular weight excluding hydrogens is 226 g/mol. The molecule has 1 aliphatic rings. The number of aliphatic hydroxyl groups is 1. The summed E-state index contributed by atoms with van der Waals surface area (Å²) in [6.45, 7) is 2.37. The first kappa shape index (κ1) is 11.6. The van der Waals surface area contributed by atoms with E-state index in [2.05, 4.69) is 4.98 Å². The minimum absolute atomic E-state index is 0.175. The van der Waals surface area contributed by atoms with Gasteiger partial charge in [-0.15, -0.1) is 0 Å². The Bertz CT molecular complexity index is 466. The quantitative estimate of drug-likeness (QED) is 0.580. The minimum Gasteiger partial charge on any atom is -0.388 e. The van der Waals surface area contributed by atoms with E-state index in [1.54, 1.807) is 6.92 Å². The molecule has 1 unspecified atom stereocenters. The van der Waals surface area contributed by atoms with E-state index in [0.29, 0.717) is 13.0 Å². The Labute approximate surface area is 97.2 Å². The van der Waals surface area contributed by atoms with E-state index in [1.807, 2.05) is 0 Å². The topological polar surface area (TPSA) is 99.5 Å². The Morgan fingerprint density at radius 3 is 2.82 bits per heavy atom. The fraction of sp³-hybridized carbons (Fsp3) is 0.500. The molecule has 1 atom stereocenters. The molecular formula is C10H13N3O4. The third-order valence-corrected chi connectivity index (χ3v) is 2.84. The molecule has 1 aromatic rings. The van der Waals surface area contributed by atoms with Crippen LogP contribution in [0, 0.1) is 10.1 Å². The average Bonchev–Trinajstić information content (AvgIpc) is 2.83. The molecule has 7 heteroatoms. The number of hydrogen-bond donors (Lipinski definition) is 2. The third kappa shape index (κ3) is 2.28. The van der Waals surface area contributed by atoms with E-state index in [-0.39, 0.29) is 24.0 Å². The van der Waals surface area contributed by atoms with Crippen LogP contribution < -0.4 is 0 Å². The Balaban J connectivity index is 2.12. The lowest BCUT2D eigenvalue weighted by Gasteiger charge is -2.17. The van der Waals surface area contributed by atoms with Crippen LogP contribution in [0.5, 0.6) is 0 Å². The van der Waals surface area contributed by atoms with E-state index in [4.69, 9.17) is 0 Å². The van der Waals surface area contributed by atoms with Gasteiger partial charge in [-0.25, -0.2) is 4.98 Å². The maximum Gasteiger partial charge on any atom is 0.321 e. The molecule has 0 radical (unpaired) electrons. The van der Waals surface area contributed by atoms with Crippen molar-refractivity contribution in [2.75, 3.05) is 13.1 Å². The maximum atomic E-state index is 11.9. The highest BCUT2D eigenvalue weighted by Crippen LogP contribution is 2.22. The summed E-state index contributed by atoms with van der Waals surface area (Å²) < 4.78 is 0. The lowest BCUT2D eigenvalue weighted by atomic mass is 10.1. The molecule has 2 heterocycles. The molecule has 1 aliphatic heterocycles. The van der Waals surface area contributed by atoms with Gasteiger partial charge in [0.05, 0.1) is 5.60 Å². The van der Waals surface area contributed by atoms with Crippen LogP contribution in [0.4, 0.5) is 5.82 Å². The van der Waals surface area contributed by atoms with Gasteiger partial charge in [-0.2, -0.15) is 0 Å². The summed E-state index contributed by atoms with van der Waals surface area (Å²) in [6.07, 6.45) is 0.515. The second kappa shape index (κ2) is 3.85. The number of likely N-dealkylation sites (tertiary alicyclic amines) is 1. The largest absolute Gasteiger partial charge is 0.388 e. The van der Waals surface area contributed by atoms with E-state index in [0.717, 1.165) is 0 Å². The number of nitro groups is 1. The van der Waals surface area contributed by atoms with Gasteiger partial charge < -0.3 is 20.1 Å². The van der Waals surface area contributed by atoms with E-state index >= 15 is 0 Å². The van der Waals surface area contributed by atoms with Gasteiger partial charge >= 0.3 is 5.82 Å². The summed E-state index contributed by atoms with van der Waals surface area (Å²) in [7, 11) is 0. The minimum atomic E-state index is -0.867. The number of H-pyrrole nitrogens is 1. The first-order valence-corrected chi connectivity index (χ1v) is 5.24. The van der Waals surface area contributed by atoms with Crippen LogP contribution in [0.3, 0.4) is 0 Å². The normalized spacial score (nSPS) is 24.0. The van der Waals surface area contributed by atoms with Crippen LogP contribution in [0.25, 0.3) is 0 Å². The van der Waals surface area contributed by atoms with Crippen LogP contribution in [0.15, 0.2) is 12.1 Å². The molecule has 0 bridgehead atoms. The zero-order valence-electron chi connectivity index (χ0n) is 9.34. The summed E-state index contributed by atoms with van der Waals surface area (Å²) in [6, 6.07) is 2.63. The highest BCUT2D eigenvalue weighted by atomic mass is 16.6. The van der Waals surface area contributed by atoms with E-state index < -0.39 is 10.5 Å².